The highest BCUT2D eigenvalue weighted by Crippen LogP contribution is 2.36. The van der Waals surface area contributed by atoms with Crippen LogP contribution in [0.1, 0.15) is 53.9 Å². The number of hydrogen-bond acceptors (Lipinski definition) is 0. The van der Waals surface area contributed by atoms with E-state index >= 15 is 0 Å². The lowest BCUT2D eigenvalue weighted by Crippen LogP contribution is -2.26. The summed E-state index contributed by atoms with van der Waals surface area (Å²) in [5.41, 5.74) is 0.190. The fourth-order valence-electron chi connectivity index (χ4n) is 1.44. The molecule has 2 unspecified atom stereocenters. The minimum Gasteiger partial charge on any atom is -0.247 e. The zero-order valence-corrected chi connectivity index (χ0v) is 9.15. The van der Waals surface area contributed by atoms with Crippen LogP contribution in [0.2, 0.25) is 0 Å². The van der Waals surface area contributed by atoms with Gasteiger partial charge in [-0.1, -0.05) is 41.0 Å². The number of alkyl halides is 1. The smallest absolute Gasteiger partial charge is 0.100 e. The summed E-state index contributed by atoms with van der Waals surface area (Å²) in [7, 11) is 0. The molecule has 0 saturated heterocycles. The van der Waals surface area contributed by atoms with E-state index in [1.807, 2.05) is 6.92 Å². The molecule has 0 saturated carbocycles. The van der Waals surface area contributed by atoms with Crippen molar-refractivity contribution in [3.63, 3.8) is 0 Å². The molecular weight excluding hydrogens is 151 g/mol. The van der Waals surface area contributed by atoms with E-state index in [9.17, 15) is 4.39 Å². The molecule has 0 aromatic rings. The molecule has 0 aliphatic carbocycles. The number of hydrogen-bond donors (Lipinski definition) is 0. The summed E-state index contributed by atoms with van der Waals surface area (Å²) >= 11 is 0. The Morgan fingerprint density at radius 2 is 1.75 bits per heavy atom. The van der Waals surface area contributed by atoms with Crippen LogP contribution in [0, 0.1) is 11.3 Å². The van der Waals surface area contributed by atoms with Gasteiger partial charge in [-0.05, 0) is 24.2 Å². The third kappa shape index (κ3) is 3.12. The second-order valence-corrected chi connectivity index (χ2v) is 4.37. The predicted octanol–water partition coefficient (Wildman–Crippen LogP) is 4.20. The average Bonchev–Trinajstić information content (AvgIpc) is 2.03. The number of rotatable bonds is 5. The molecule has 1 heteroatoms. The van der Waals surface area contributed by atoms with Gasteiger partial charge in [0.25, 0.3) is 0 Å². The van der Waals surface area contributed by atoms with E-state index in [0.717, 1.165) is 12.8 Å². The third-order valence-corrected chi connectivity index (χ3v) is 3.33. The topological polar surface area (TPSA) is 0 Å². The second kappa shape index (κ2) is 4.84. The van der Waals surface area contributed by atoms with Crippen LogP contribution in [0.4, 0.5) is 4.39 Å². The third-order valence-electron chi connectivity index (χ3n) is 3.33. The Morgan fingerprint density at radius 3 is 2.00 bits per heavy atom. The van der Waals surface area contributed by atoms with Crippen LogP contribution in [0.15, 0.2) is 0 Å². The summed E-state index contributed by atoms with van der Waals surface area (Å²) in [6.07, 6.45) is 1.84. The van der Waals surface area contributed by atoms with Crippen LogP contribution < -0.4 is 0 Å². The Morgan fingerprint density at radius 1 is 1.25 bits per heavy atom. The SMILES string of the molecule is CCC(F)CC(C)(CC)C(C)C. The van der Waals surface area contributed by atoms with Crippen molar-refractivity contribution in [2.45, 2.75) is 60.1 Å². The lowest BCUT2D eigenvalue weighted by atomic mass is 9.73. The van der Waals surface area contributed by atoms with Crippen LogP contribution in [0.25, 0.3) is 0 Å². The van der Waals surface area contributed by atoms with E-state index in [2.05, 4.69) is 27.7 Å². The van der Waals surface area contributed by atoms with Gasteiger partial charge in [0.1, 0.15) is 6.17 Å². The van der Waals surface area contributed by atoms with Crippen LogP contribution in [0.3, 0.4) is 0 Å². The minimum absolute atomic E-state index is 0.190. The molecule has 0 amide bonds. The first-order valence-corrected chi connectivity index (χ1v) is 5.10. The zero-order valence-electron chi connectivity index (χ0n) is 9.15. The van der Waals surface area contributed by atoms with Crippen LogP contribution >= 0.6 is 0 Å². The molecule has 2 atom stereocenters. The summed E-state index contributed by atoms with van der Waals surface area (Å²) in [5.74, 6) is 0.576. The van der Waals surface area contributed by atoms with Crippen molar-refractivity contribution in [1.82, 2.24) is 0 Å². The van der Waals surface area contributed by atoms with E-state index in [-0.39, 0.29) is 5.41 Å². The Hall–Kier alpha value is -0.0700. The van der Waals surface area contributed by atoms with E-state index in [4.69, 9.17) is 0 Å². The molecule has 0 radical (unpaired) electrons. The Bertz CT molecular complexity index is 120. The fourth-order valence-corrected chi connectivity index (χ4v) is 1.44. The Labute approximate surface area is 76.6 Å². The van der Waals surface area contributed by atoms with Crippen molar-refractivity contribution in [1.29, 1.82) is 0 Å². The van der Waals surface area contributed by atoms with Gasteiger partial charge in [-0.3, -0.25) is 0 Å². The highest BCUT2D eigenvalue weighted by molar-refractivity contribution is 4.79. The first-order valence-electron chi connectivity index (χ1n) is 5.10. The van der Waals surface area contributed by atoms with Gasteiger partial charge < -0.3 is 0 Å². The largest absolute Gasteiger partial charge is 0.247 e. The summed E-state index contributed by atoms with van der Waals surface area (Å²) in [5, 5.41) is 0. The Kier molecular flexibility index (Phi) is 4.81. The molecule has 0 aromatic heterocycles. The molecule has 0 nitrogen and oxygen atoms in total. The van der Waals surface area contributed by atoms with E-state index in [0.29, 0.717) is 12.3 Å². The summed E-state index contributed by atoms with van der Waals surface area (Å²) in [6.45, 7) is 10.6. The van der Waals surface area contributed by atoms with E-state index in [1.165, 1.54) is 0 Å². The molecule has 0 rings (SSSR count). The predicted molar refractivity (Wildman–Crippen MR) is 53.0 cm³/mol. The molecule has 0 spiro atoms. The van der Waals surface area contributed by atoms with Crippen LogP contribution in [0.5, 0.6) is 0 Å². The first kappa shape index (κ1) is 11.9. The quantitative estimate of drug-likeness (QED) is 0.586. The van der Waals surface area contributed by atoms with Crippen LogP contribution in [-0.2, 0) is 0 Å². The van der Waals surface area contributed by atoms with Gasteiger partial charge >= 0.3 is 0 Å². The monoisotopic (exact) mass is 174 g/mol. The van der Waals surface area contributed by atoms with Crippen molar-refractivity contribution in [2.75, 3.05) is 0 Å². The van der Waals surface area contributed by atoms with Crippen molar-refractivity contribution < 1.29 is 4.39 Å². The van der Waals surface area contributed by atoms with Gasteiger partial charge in [-0.25, -0.2) is 4.39 Å². The van der Waals surface area contributed by atoms with Crippen molar-refractivity contribution in [3.8, 4) is 0 Å². The molecule has 74 valence electrons. The molecule has 0 N–H and O–H groups in total. The van der Waals surface area contributed by atoms with Crippen LogP contribution in [-0.4, -0.2) is 6.17 Å². The maximum absolute atomic E-state index is 13.2. The van der Waals surface area contributed by atoms with Crippen molar-refractivity contribution in [2.24, 2.45) is 11.3 Å². The van der Waals surface area contributed by atoms with Gasteiger partial charge in [-0.2, -0.15) is 0 Å². The second-order valence-electron chi connectivity index (χ2n) is 4.37. The average molecular weight is 174 g/mol. The van der Waals surface area contributed by atoms with Crippen molar-refractivity contribution >= 4 is 0 Å². The molecule has 12 heavy (non-hydrogen) atoms. The molecule has 0 aliphatic rings. The van der Waals surface area contributed by atoms with Gasteiger partial charge in [0.15, 0.2) is 0 Å². The lowest BCUT2D eigenvalue weighted by Gasteiger charge is -2.33. The number of halogens is 1. The molecule has 0 heterocycles. The van der Waals surface area contributed by atoms with E-state index < -0.39 is 6.17 Å². The maximum atomic E-state index is 13.2. The zero-order chi connectivity index (χ0) is 9.78. The Balaban J connectivity index is 4.14. The normalized spacial score (nSPS) is 19.2. The summed E-state index contributed by atoms with van der Waals surface area (Å²) in [4.78, 5) is 0. The fraction of sp³-hybridized carbons (Fsp3) is 1.00. The highest BCUT2D eigenvalue weighted by atomic mass is 19.1. The maximum Gasteiger partial charge on any atom is 0.100 e. The molecular formula is C11H23F. The summed E-state index contributed by atoms with van der Waals surface area (Å²) < 4.78 is 13.2. The van der Waals surface area contributed by atoms with Crippen molar-refractivity contribution in [3.05, 3.63) is 0 Å². The minimum atomic E-state index is -0.614. The summed E-state index contributed by atoms with van der Waals surface area (Å²) in [6, 6.07) is 0. The molecule has 0 fully saturated rings. The molecule has 0 bridgehead atoms. The lowest BCUT2D eigenvalue weighted by molar-refractivity contribution is 0.128. The highest BCUT2D eigenvalue weighted by Gasteiger charge is 2.28. The standard InChI is InChI=1S/C11H23F/c1-6-10(12)8-11(5,7-2)9(3)4/h9-10H,6-8H2,1-5H3. The molecule has 0 aromatic carbocycles. The van der Waals surface area contributed by atoms with E-state index in [1.54, 1.807) is 0 Å². The van der Waals surface area contributed by atoms with Gasteiger partial charge in [-0.15, -0.1) is 0 Å². The van der Waals surface area contributed by atoms with Gasteiger partial charge in [0.05, 0.1) is 0 Å². The van der Waals surface area contributed by atoms with Gasteiger partial charge in [0.2, 0.25) is 0 Å². The first-order chi connectivity index (χ1) is 5.46. The molecule has 0 aliphatic heterocycles. The van der Waals surface area contributed by atoms with Gasteiger partial charge in [0, 0.05) is 0 Å².